The summed E-state index contributed by atoms with van der Waals surface area (Å²) in [5, 5.41) is 4.20. The molecule has 0 amide bonds. The van der Waals surface area contributed by atoms with Gasteiger partial charge in [0.05, 0.1) is 11.4 Å². The van der Waals surface area contributed by atoms with Gasteiger partial charge in [-0.05, 0) is 13.0 Å². The maximum Gasteiger partial charge on any atom is 0.185 e. The standard InChI is InChI=1S/C12H23N3O2S2/c1-5-10-11(9-13-6-2)18-12(14-10)15(3)7-8-19(4,16)17/h13H,5-9H2,1-4H3. The third-order valence-corrected chi connectivity index (χ3v) is 4.90. The van der Waals surface area contributed by atoms with Crippen LogP contribution in [0.1, 0.15) is 24.4 Å². The third-order valence-electron chi connectivity index (χ3n) is 2.76. The number of nitrogens with one attached hydrogen (secondary N) is 1. The first kappa shape index (κ1) is 16.4. The number of hydrogen-bond donors (Lipinski definition) is 1. The van der Waals surface area contributed by atoms with Crippen molar-refractivity contribution >= 4 is 26.3 Å². The van der Waals surface area contributed by atoms with E-state index in [-0.39, 0.29) is 5.75 Å². The molecule has 0 saturated carbocycles. The van der Waals surface area contributed by atoms with Gasteiger partial charge in [0.15, 0.2) is 5.13 Å². The monoisotopic (exact) mass is 305 g/mol. The zero-order chi connectivity index (χ0) is 14.5. The third kappa shape index (κ3) is 5.46. The fourth-order valence-electron chi connectivity index (χ4n) is 1.58. The molecule has 0 saturated heterocycles. The van der Waals surface area contributed by atoms with Gasteiger partial charge in [-0.25, -0.2) is 13.4 Å². The van der Waals surface area contributed by atoms with Crippen LogP contribution in [-0.2, 0) is 22.8 Å². The molecule has 0 bridgehead atoms. The van der Waals surface area contributed by atoms with Crippen molar-refractivity contribution < 1.29 is 8.42 Å². The van der Waals surface area contributed by atoms with E-state index >= 15 is 0 Å². The minimum atomic E-state index is -2.93. The summed E-state index contributed by atoms with van der Waals surface area (Å²) in [5.41, 5.74) is 1.10. The second-order valence-corrected chi connectivity index (χ2v) is 7.87. The number of anilines is 1. The Balaban J connectivity index is 2.74. The number of thiazole rings is 1. The molecular formula is C12H23N3O2S2. The first-order chi connectivity index (χ1) is 8.87. The van der Waals surface area contributed by atoms with E-state index < -0.39 is 9.84 Å². The zero-order valence-corrected chi connectivity index (χ0v) is 13.7. The van der Waals surface area contributed by atoms with Gasteiger partial charge in [0, 0.05) is 31.3 Å². The Hall–Kier alpha value is -0.660. The highest BCUT2D eigenvalue weighted by Gasteiger charge is 2.14. The highest BCUT2D eigenvalue weighted by atomic mass is 32.2. The Morgan fingerprint density at radius 1 is 1.37 bits per heavy atom. The molecule has 110 valence electrons. The van der Waals surface area contributed by atoms with Crippen LogP contribution < -0.4 is 10.2 Å². The van der Waals surface area contributed by atoms with Crippen LogP contribution in [0.5, 0.6) is 0 Å². The van der Waals surface area contributed by atoms with Crippen LogP contribution in [0.15, 0.2) is 0 Å². The number of nitrogens with zero attached hydrogens (tertiary/aromatic N) is 2. The number of sulfone groups is 1. The maximum absolute atomic E-state index is 11.2. The average Bonchev–Trinajstić information content (AvgIpc) is 2.75. The van der Waals surface area contributed by atoms with E-state index in [0.29, 0.717) is 6.54 Å². The fourth-order valence-corrected chi connectivity index (χ4v) is 3.30. The molecular weight excluding hydrogens is 282 g/mol. The molecule has 0 atom stereocenters. The van der Waals surface area contributed by atoms with Crippen LogP contribution in [-0.4, -0.2) is 45.5 Å². The van der Waals surface area contributed by atoms with Crippen molar-refractivity contribution in [1.29, 1.82) is 0 Å². The highest BCUT2D eigenvalue weighted by Crippen LogP contribution is 2.26. The number of aromatic nitrogens is 1. The van der Waals surface area contributed by atoms with Crippen LogP contribution in [0.2, 0.25) is 0 Å². The van der Waals surface area contributed by atoms with Crippen molar-refractivity contribution in [2.75, 3.05) is 37.0 Å². The molecule has 19 heavy (non-hydrogen) atoms. The van der Waals surface area contributed by atoms with Crippen molar-refractivity contribution in [3.05, 3.63) is 10.6 Å². The molecule has 1 rings (SSSR count). The zero-order valence-electron chi connectivity index (χ0n) is 12.1. The summed E-state index contributed by atoms with van der Waals surface area (Å²) < 4.78 is 22.4. The molecule has 1 aromatic rings. The predicted octanol–water partition coefficient (Wildman–Crippen LogP) is 1.30. The SMILES string of the molecule is CCNCc1sc(N(C)CCS(C)(=O)=O)nc1CC. The molecule has 0 spiro atoms. The van der Waals surface area contributed by atoms with Gasteiger partial charge in [-0.1, -0.05) is 13.8 Å². The lowest BCUT2D eigenvalue weighted by atomic mass is 10.3. The normalized spacial score (nSPS) is 11.8. The molecule has 0 aromatic carbocycles. The second kappa shape index (κ2) is 7.21. The lowest BCUT2D eigenvalue weighted by Gasteiger charge is -2.14. The second-order valence-electron chi connectivity index (χ2n) is 4.55. The van der Waals surface area contributed by atoms with Crippen molar-refractivity contribution in [2.24, 2.45) is 0 Å². The summed E-state index contributed by atoms with van der Waals surface area (Å²) in [7, 11) is -1.04. The maximum atomic E-state index is 11.2. The van der Waals surface area contributed by atoms with Gasteiger partial charge >= 0.3 is 0 Å². The minimum Gasteiger partial charge on any atom is -0.350 e. The van der Waals surface area contributed by atoms with E-state index in [1.54, 1.807) is 11.3 Å². The fraction of sp³-hybridized carbons (Fsp3) is 0.750. The quantitative estimate of drug-likeness (QED) is 0.784. The molecule has 0 aliphatic rings. The molecule has 1 N–H and O–H groups in total. The van der Waals surface area contributed by atoms with E-state index in [1.807, 2.05) is 11.9 Å². The topological polar surface area (TPSA) is 62.3 Å². The van der Waals surface area contributed by atoms with E-state index in [4.69, 9.17) is 0 Å². The molecule has 0 radical (unpaired) electrons. The Labute approximate surface area is 120 Å². The molecule has 5 nitrogen and oxygen atoms in total. The van der Waals surface area contributed by atoms with Crippen LogP contribution in [0.25, 0.3) is 0 Å². The average molecular weight is 305 g/mol. The van der Waals surface area contributed by atoms with Crippen LogP contribution in [0.4, 0.5) is 5.13 Å². The first-order valence-electron chi connectivity index (χ1n) is 6.45. The Morgan fingerprint density at radius 2 is 2.05 bits per heavy atom. The van der Waals surface area contributed by atoms with Gasteiger partial charge in [0.2, 0.25) is 0 Å². The van der Waals surface area contributed by atoms with E-state index in [2.05, 4.69) is 24.1 Å². The predicted molar refractivity (Wildman–Crippen MR) is 81.9 cm³/mol. The number of rotatable bonds is 8. The molecule has 7 heteroatoms. The Morgan fingerprint density at radius 3 is 2.58 bits per heavy atom. The van der Waals surface area contributed by atoms with Gasteiger partial charge in [-0.3, -0.25) is 0 Å². The summed E-state index contributed by atoms with van der Waals surface area (Å²) in [5.74, 6) is 0.160. The molecule has 0 aliphatic carbocycles. The molecule has 0 aliphatic heterocycles. The molecule has 1 aromatic heterocycles. The number of hydrogen-bond acceptors (Lipinski definition) is 6. The molecule has 0 unspecified atom stereocenters. The Kier molecular flexibility index (Phi) is 6.22. The van der Waals surface area contributed by atoms with Crippen molar-refractivity contribution in [1.82, 2.24) is 10.3 Å². The van der Waals surface area contributed by atoms with E-state index in [0.717, 1.165) is 30.3 Å². The van der Waals surface area contributed by atoms with Crippen molar-refractivity contribution in [3.8, 4) is 0 Å². The first-order valence-corrected chi connectivity index (χ1v) is 9.33. The smallest absolute Gasteiger partial charge is 0.185 e. The molecule has 0 fully saturated rings. The summed E-state index contributed by atoms with van der Waals surface area (Å²) in [6.45, 7) is 6.41. The van der Waals surface area contributed by atoms with Gasteiger partial charge in [0.25, 0.3) is 0 Å². The van der Waals surface area contributed by atoms with Gasteiger partial charge in [0.1, 0.15) is 9.84 Å². The lowest BCUT2D eigenvalue weighted by molar-refractivity contribution is 0.601. The van der Waals surface area contributed by atoms with E-state index in [9.17, 15) is 8.42 Å². The minimum absolute atomic E-state index is 0.160. The summed E-state index contributed by atoms with van der Waals surface area (Å²) >= 11 is 1.64. The Bertz CT molecular complexity index is 497. The van der Waals surface area contributed by atoms with Crippen molar-refractivity contribution in [3.63, 3.8) is 0 Å². The summed E-state index contributed by atoms with van der Waals surface area (Å²) in [4.78, 5) is 7.75. The van der Waals surface area contributed by atoms with Crippen LogP contribution in [0.3, 0.4) is 0 Å². The molecule has 1 heterocycles. The van der Waals surface area contributed by atoms with Crippen molar-refractivity contribution in [2.45, 2.75) is 26.8 Å². The summed E-state index contributed by atoms with van der Waals surface area (Å²) in [6, 6.07) is 0. The van der Waals surface area contributed by atoms with Gasteiger partial charge < -0.3 is 10.2 Å². The van der Waals surface area contributed by atoms with Gasteiger partial charge in [-0.2, -0.15) is 0 Å². The van der Waals surface area contributed by atoms with Gasteiger partial charge in [-0.15, -0.1) is 11.3 Å². The summed E-state index contributed by atoms with van der Waals surface area (Å²) in [6.07, 6.45) is 2.16. The van der Waals surface area contributed by atoms with Crippen LogP contribution >= 0.6 is 11.3 Å². The van der Waals surface area contributed by atoms with E-state index in [1.165, 1.54) is 11.1 Å². The highest BCUT2D eigenvalue weighted by molar-refractivity contribution is 7.90. The number of aryl methyl sites for hydroxylation is 1. The lowest BCUT2D eigenvalue weighted by Crippen LogP contribution is -2.24. The van der Waals surface area contributed by atoms with Crippen LogP contribution in [0, 0.1) is 0 Å². The largest absolute Gasteiger partial charge is 0.350 e.